The van der Waals surface area contributed by atoms with E-state index in [2.05, 4.69) is 10.3 Å². The minimum Gasteiger partial charge on any atom is -0.352 e. The zero-order chi connectivity index (χ0) is 31.6. The van der Waals surface area contributed by atoms with E-state index in [1.165, 1.54) is 18.5 Å². The van der Waals surface area contributed by atoms with Crippen LogP contribution in [0.25, 0.3) is 16.5 Å². The molecule has 0 saturated heterocycles. The van der Waals surface area contributed by atoms with Crippen LogP contribution in [0.1, 0.15) is 55.7 Å². The van der Waals surface area contributed by atoms with Gasteiger partial charge in [0.1, 0.15) is 21.9 Å². The fourth-order valence-corrected chi connectivity index (χ4v) is 8.43. The number of benzene rings is 2. The Hall–Kier alpha value is -4.03. The van der Waals surface area contributed by atoms with Crippen molar-refractivity contribution in [3.63, 3.8) is 0 Å². The molecule has 1 saturated carbocycles. The summed E-state index contributed by atoms with van der Waals surface area (Å²) in [5.74, 6) is -1.58. The van der Waals surface area contributed by atoms with Gasteiger partial charge in [-0.05, 0) is 91.6 Å². The second-order valence-electron chi connectivity index (χ2n) is 11.9. The predicted octanol–water partition coefficient (Wildman–Crippen LogP) is 6.14. The van der Waals surface area contributed by atoms with Crippen molar-refractivity contribution >= 4 is 47.7 Å². The molecule has 4 aromatic rings. The van der Waals surface area contributed by atoms with Gasteiger partial charge in [-0.3, -0.25) is 4.79 Å². The Morgan fingerprint density at radius 3 is 2.48 bits per heavy atom. The molecule has 8 nitrogen and oxygen atoms in total. The number of nitrogens with one attached hydrogen (secondary N) is 2. The summed E-state index contributed by atoms with van der Waals surface area (Å²) in [5.41, 5.74) is 3.21. The number of nitrogens with zero attached hydrogens (tertiary/aromatic N) is 1. The van der Waals surface area contributed by atoms with E-state index < -0.39 is 41.8 Å². The number of allylic oxidation sites excluding steroid dienone is 3. The van der Waals surface area contributed by atoms with Gasteiger partial charge in [-0.15, -0.1) is 0 Å². The smallest absolute Gasteiger partial charge is 0.273 e. The molecule has 1 fully saturated rings. The van der Waals surface area contributed by atoms with Gasteiger partial charge in [-0.1, -0.05) is 18.2 Å². The zero-order valence-corrected chi connectivity index (χ0v) is 26.0. The Balaban J connectivity index is 1.48. The third-order valence-corrected chi connectivity index (χ3v) is 11.8. The molecule has 1 unspecified atom stereocenters. The maximum absolute atomic E-state index is 14.8. The lowest BCUT2D eigenvalue weighted by molar-refractivity contribution is 0.547. The van der Waals surface area contributed by atoms with E-state index in [0.717, 1.165) is 40.8 Å². The number of rotatable bonds is 8. The highest BCUT2D eigenvalue weighted by Gasteiger charge is 2.44. The number of hydrogen-bond donors (Lipinski definition) is 2. The summed E-state index contributed by atoms with van der Waals surface area (Å²) in [5, 5.41) is 3.63. The van der Waals surface area contributed by atoms with Gasteiger partial charge in [0.15, 0.2) is 9.84 Å². The first kappa shape index (κ1) is 30.0. The lowest BCUT2D eigenvalue weighted by Crippen LogP contribution is -2.41. The number of aromatic nitrogens is 2. The molecular formula is C32H31F2N3O5S2. The topological polar surface area (TPSA) is 118 Å². The Bertz CT molecular complexity index is 2180. The van der Waals surface area contributed by atoms with Crippen molar-refractivity contribution < 1.29 is 25.6 Å². The summed E-state index contributed by atoms with van der Waals surface area (Å²) in [7, 11) is -7.52. The van der Waals surface area contributed by atoms with E-state index in [9.17, 15) is 30.4 Å². The zero-order valence-electron chi connectivity index (χ0n) is 24.3. The molecule has 0 amide bonds. The van der Waals surface area contributed by atoms with E-state index in [1.807, 2.05) is 6.07 Å². The van der Waals surface area contributed by atoms with Gasteiger partial charge >= 0.3 is 0 Å². The quantitative estimate of drug-likeness (QED) is 0.239. The highest BCUT2D eigenvalue weighted by Crippen LogP contribution is 2.49. The third kappa shape index (κ3) is 5.30. The van der Waals surface area contributed by atoms with Crippen molar-refractivity contribution in [1.82, 2.24) is 8.96 Å². The number of fused-ring (bicyclic) bond motifs is 1. The SMILES string of the molecule is CC1=CC(c2cc(CS(C)(=O)=O)cc(C3CC3)c2Nc2ccc(F)cc2F)=CCC1(C)S(=O)(=O)n1ccc2cc[nH]c(=O)c21. The summed E-state index contributed by atoms with van der Waals surface area (Å²) in [6, 6.07) is 9.99. The number of aromatic amines is 1. The second-order valence-corrected chi connectivity index (χ2v) is 16.2. The number of pyridine rings is 1. The summed E-state index contributed by atoms with van der Waals surface area (Å²) in [4.78, 5) is 15.1. The van der Waals surface area contributed by atoms with Crippen LogP contribution in [0.4, 0.5) is 20.2 Å². The molecule has 2 aromatic heterocycles. The lowest BCUT2D eigenvalue weighted by atomic mass is 9.85. The van der Waals surface area contributed by atoms with E-state index in [1.54, 1.807) is 44.2 Å². The van der Waals surface area contributed by atoms with Gasteiger partial charge in [0.2, 0.25) is 10.0 Å². The lowest BCUT2D eigenvalue weighted by Gasteiger charge is -2.33. The average Bonchev–Trinajstić information content (AvgIpc) is 3.69. The van der Waals surface area contributed by atoms with E-state index >= 15 is 0 Å². The van der Waals surface area contributed by atoms with Crippen LogP contribution >= 0.6 is 0 Å². The normalized spacial score (nSPS) is 19.1. The Morgan fingerprint density at radius 1 is 1.07 bits per heavy atom. The van der Waals surface area contributed by atoms with Crippen molar-refractivity contribution in [3.8, 4) is 0 Å². The monoisotopic (exact) mass is 639 g/mol. The number of sulfone groups is 1. The molecule has 0 bridgehead atoms. The number of hydrogen-bond acceptors (Lipinski definition) is 6. The van der Waals surface area contributed by atoms with E-state index in [-0.39, 0.29) is 29.3 Å². The van der Waals surface area contributed by atoms with Crippen molar-refractivity contribution in [2.24, 2.45) is 0 Å². The summed E-state index contributed by atoms with van der Waals surface area (Å²) in [6.45, 7) is 3.31. The fourth-order valence-electron chi connectivity index (χ4n) is 5.82. The van der Waals surface area contributed by atoms with Gasteiger partial charge < -0.3 is 10.3 Å². The maximum Gasteiger partial charge on any atom is 0.273 e. The molecule has 2 N–H and O–H groups in total. The van der Waals surface area contributed by atoms with Crippen LogP contribution in [0.5, 0.6) is 0 Å². The predicted molar refractivity (Wildman–Crippen MR) is 168 cm³/mol. The van der Waals surface area contributed by atoms with Crippen LogP contribution in [0.15, 0.2) is 77.4 Å². The summed E-state index contributed by atoms with van der Waals surface area (Å²) in [6.07, 6.45) is 9.29. The molecule has 6 rings (SSSR count). The molecule has 2 aliphatic carbocycles. The first-order valence-electron chi connectivity index (χ1n) is 14.1. The molecule has 2 aromatic carbocycles. The van der Waals surface area contributed by atoms with Crippen LogP contribution in [0.3, 0.4) is 0 Å². The van der Waals surface area contributed by atoms with Gasteiger partial charge in [-0.2, -0.15) is 0 Å². The number of halogens is 2. The molecule has 2 heterocycles. The summed E-state index contributed by atoms with van der Waals surface area (Å²) >= 11 is 0. The highest BCUT2D eigenvalue weighted by molar-refractivity contribution is 7.91. The number of anilines is 2. The molecular weight excluding hydrogens is 608 g/mol. The van der Waals surface area contributed by atoms with Crippen LogP contribution in [-0.2, 0) is 25.6 Å². The first-order chi connectivity index (χ1) is 20.7. The minimum atomic E-state index is -4.13. The van der Waals surface area contributed by atoms with Crippen LogP contribution < -0.4 is 10.9 Å². The molecule has 44 heavy (non-hydrogen) atoms. The first-order valence-corrected chi connectivity index (χ1v) is 17.6. The Kier molecular flexibility index (Phi) is 7.20. The van der Waals surface area contributed by atoms with Crippen LogP contribution in [0, 0.1) is 11.6 Å². The largest absolute Gasteiger partial charge is 0.352 e. The molecule has 230 valence electrons. The molecule has 1 atom stereocenters. The van der Waals surface area contributed by atoms with E-state index in [0.29, 0.717) is 33.3 Å². The third-order valence-electron chi connectivity index (χ3n) is 8.50. The second kappa shape index (κ2) is 10.6. The average molecular weight is 640 g/mol. The van der Waals surface area contributed by atoms with Crippen molar-refractivity contribution in [3.05, 3.63) is 111 Å². The van der Waals surface area contributed by atoms with Gasteiger partial charge in [0.25, 0.3) is 5.56 Å². The van der Waals surface area contributed by atoms with Gasteiger partial charge in [0.05, 0.1) is 11.4 Å². The van der Waals surface area contributed by atoms with Crippen molar-refractivity contribution in [2.75, 3.05) is 11.6 Å². The minimum absolute atomic E-state index is 0.0339. The number of H-pyrrole nitrogens is 1. The van der Waals surface area contributed by atoms with Gasteiger partial charge in [-0.25, -0.2) is 29.6 Å². The summed E-state index contributed by atoms with van der Waals surface area (Å²) < 4.78 is 81.0. The van der Waals surface area contributed by atoms with Gasteiger partial charge in [0, 0.05) is 41.4 Å². The Labute approximate surface area is 254 Å². The molecule has 2 aliphatic rings. The Morgan fingerprint density at radius 2 is 1.82 bits per heavy atom. The van der Waals surface area contributed by atoms with Crippen LogP contribution in [-0.4, -0.2) is 36.8 Å². The molecule has 0 aliphatic heterocycles. The standard InChI is InChI=1S/C32H31F2N3O5S2/c1-19-14-23(8-11-32(19,2)44(41,42)37-13-10-22-9-12-35-31(38)30(22)37)26-16-20(18-43(3,39)40)15-25(21-4-5-21)29(26)36-28-7-6-24(33)17-27(28)34/h6-10,12-17,21,36H,4-5,11,18H2,1-3H3,(H,35,38). The fraction of sp³-hybridized carbons (Fsp3) is 0.281. The molecule has 0 spiro atoms. The van der Waals surface area contributed by atoms with E-state index in [4.69, 9.17) is 0 Å². The van der Waals surface area contributed by atoms with Crippen LogP contribution in [0.2, 0.25) is 0 Å². The van der Waals surface area contributed by atoms with Crippen molar-refractivity contribution in [1.29, 1.82) is 0 Å². The molecule has 12 heteroatoms. The van der Waals surface area contributed by atoms with Crippen molar-refractivity contribution in [2.45, 2.75) is 49.5 Å². The molecule has 0 radical (unpaired) electrons. The maximum atomic E-state index is 14.8. The highest BCUT2D eigenvalue weighted by atomic mass is 32.2.